The highest BCUT2D eigenvalue weighted by Gasteiger charge is 2.37. The van der Waals surface area contributed by atoms with Gasteiger partial charge in [0.2, 0.25) is 0 Å². The first-order valence-electron chi connectivity index (χ1n) is 11.1. The number of nitriles is 2. The predicted molar refractivity (Wildman–Crippen MR) is 120 cm³/mol. The van der Waals surface area contributed by atoms with Crippen molar-refractivity contribution in [3.63, 3.8) is 0 Å². The van der Waals surface area contributed by atoms with E-state index in [2.05, 4.69) is 42.0 Å². The van der Waals surface area contributed by atoms with Crippen LogP contribution in [0.25, 0.3) is 0 Å². The summed E-state index contributed by atoms with van der Waals surface area (Å²) in [5, 5.41) is 42.3. The Morgan fingerprint density at radius 3 is 2.12 bits per heavy atom. The molecule has 0 aromatic carbocycles. The molecule has 6 N–H and O–H groups in total. The summed E-state index contributed by atoms with van der Waals surface area (Å²) in [6.07, 6.45) is 1.88. The Morgan fingerprint density at radius 1 is 0.875 bits per heavy atom. The minimum absolute atomic E-state index is 0.0284. The number of rotatable bonds is 11. The molecule has 2 unspecified atom stereocenters. The second-order valence-corrected chi connectivity index (χ2v) is 8.30. The summed E-state index contributed by atoms with van der Waals surface area (Å²) < 4.78 is 0. The molecule has 32 heavy (non-hydrogen) atoms. The molecule has 0 saturated carbocycles. The van der Waals surface area contributed by atoms with E-state index in [4.69, 9.17) is 27.2 Å². The summed E-state index contributed by atoms with van der Waals surface area (Å²) in [6.45, 7) is 7.92. The van der Waals surface area contributed by atoms with Crippen molar-refractivity contribution < 1.29 is 10.4 Å². The van der Waals surface area contributed by atoms with Crippen molar-refractivity contribution in [3.8, 4) is 12.1 Å². The van der Waals surface area contributed by atoms with Crippen LogP contribution < -0.4 is 11.5 Å². The molecule has 2 aliphatic rings. The van der Waals surface area contributed by atoms with Crippen molar-refractivity contribution in [2.24, 2.45) is 21.8 Å². The SMILES string of the molecule is N#CCCN1CCN(CCC#N)C(C(CC(N)=NO)N2CCN(CCC(N)=NO)CC2)C1. The highest BCUT2D eigenvalue weighted by Crippen LogP contribution is 2.22. The summed E-state index contributed by atoms with van der Waals surface area (Å²) in [7, 11) is 0. The van der Waals surface area contributed by atoms with E-state index in [0.717, 1.165) is 58.9 Å². The van der Waals surface area contributed by atoms with Crippen LogP contribution in [0.1, 0.15) is 25.7 Å². The second kappa shape index (κ2) is 13.7. The van der Waals surface area contributed by atoms with Gasteiger partial charge in [0.1, 0.15) is 11.7 Å². The third-order valence-corrected chi connectivity index (χ3v) is 6.35. The Balaban J connectivity index is 2.12. The molecule has 0 bridgehead atoms. The van der Waals surface area contributed by atoms with Crippen molar-refractivity contribution in [3.05, 3.63) is 0 Å². The largest absolute Gasteiger partial charge is 0.409 e. The zero-order valence-corrected chi connectivity index (χ0v) is 18.7. The fraction of sp³-hybridized carbons (Fsp3) is 0.800. The molecule has 12 nitrogen and oxygen atoms in total. The zero-order chi connectivity index (χ0) is 23.3. The number of nitrogens with zero attached hydrogens (tertiary/aromatic N) is 8. The third-order valence-electron chi connectivity index (χ3n) is 6.35. The first kappa shape index (κ1) is 25.6. The Labute approximate surface area is 189 Å². The van der Waals surface area contributed by atoms with Crippen LogP contribution >= 0.6 is 0 Å². The normalized spacial score (nSPS) is 23.5. The first-order valence-corrected chi connectivity index (χ1v) is 11.1. The minimum atomic E-state index is 0.0284. The Kier molecular flexibility index (Phi) is 11.0. The van der Waals surface area contributed by atoms with Crippen molar-refractivity contribution in [1.29, 1.82) is 10.5 Å². The molecule has 2 fully saturated rings. The van der Waals surface area contributed by atoms with Crippen LogP contribution in [0.2, 0.25) is 0 Å². The maximum Gasteiger partial charge on any atom is 0.140 e. The van der Waals surface area contributed by atoms with Gasteiger partial charge in [-0.3, -0.25) is 14.7 Å². The quantitative estimate of drug-likeness (QED) is 0.133. The highest BCUT2D eigenvalue weighted by atomic mass is 16.4. The van der Waals surface area contributed by atoms with Crippen LogP contribution in [0.5, 0.6) is 0 Å². The summed E-state index contributed by atoms with van der Waals surface area (Å²) in [6, 6.07) is 4.60. The molecule has 2 saturated heterocycles. The monoisotopic (exact) mass is 448 g/mol. The van der Waals surface area contributed by atoms with Gasteiger partial charge in [0.05, 0.1) is 12.1 Å². The van der Waals surface area contributed by atoms with Crippen molar-refractivity contribution in [2.45, 2.75) is 37.8 Å². The average molecular weight is 449 g/mol. The molecule has 0 aliphatic carbocycles. The number of nitrogens with two attached hydrogens (primary N) is 2. The highest BCUT2D eigenvalue weighted by molar-refractivity contribution is 5.80. The maximum atomic E-state index is 9.23. The van der Waals surface area contributed by atoms with Crippen LogP contribution in [0.4, 0.5) is 0 Å². The number of amidine groups is 2. The van der Waals surface area contributed by atoms with Crippen LogP contribution in [0.3, 0.4) is 0 Å². The van der Waals surface area contributed by atoms with E-state index in [1.54, 1.807) is 0 Å². The van der Waals surface area contributed by atoms with Gasteiger partial charge in [-0.25, -0.2) is 0 Å². The molecular weight excluding hydrogens is 412 g/mol. The van der Waals surface area contributed by atoms with Gasteiger partial charge < -0.3 is 26.8 Å². The molecule has 2 heterocycles. The van der Waals surface area contributed by atoms with E-state index in [-0.39, 0.29) is 23.8 Å². The summed E-state index contributed by atoms with van der Waals surface area (Å²) in [5.41, 5.74) is 11.6. The molecule has 12 heteroatoms. The Bertz CT molecular complexity index is 708. The van der Waals surface area contributed by atoms with Gasteiger partial charge in [0.25, 0.3) is 0 Å². The number of hydrogen-bond acceptors (Lipinski definition) is 10. The molecule has 0 radical (unpaired) electrons. The van der Waals surface area contributed by atoms with Gasteiger partial charge >= 0.3 is 0 Å². The summed E-state index contributed by atoms with van der Waals surface area (Å²) >= 11 is 0. The number of oxime groups is 2. The van der Waals surface area contributed by atoms with Crippen LogP contribution in [0.15, 0.2) is 10.3 Å². The molecule has 178 valence electrons. The Hall–Kier alpha value is -2.64. The summed E-state index contributed by atoms with van der Waals surface area (Å²) in [4.78, 5) is 9.30. The van der Waals surface area contributed by atoms with E-state index in [0.29, 0.717) is 32.2 Å². The van der Waals surface area contributed by atoms with E-state index < -0.39 is 0 Å². The van der Waals surface area contributed by atoms with Gasteiger partial charge in [-0.2, -0.15) is 10.5 Å². The van der Waals surface area contributed by atoms with Crippen LogP contribution in [-0.2, 0) is 0 Å². The maximum absolute atomic E-state index is 9.23. The number of hydrogen-bond donors (Lipinski definition) is 4. The van der Waals surface area contributed by atoms with Crippen LogP contribution in [0, 0.1) is 22.7 Å². The lowest BCUT2D eigenvalue weighted by molar-refractivity contribution is 0.00107. The van der Waals surface area contributed by atoms with Gasteiger partial charge in [-0.1, -0.05) is 10.3 Å². The third kappa shape index (κ3) is 7.80. The molecular formula is C20H36N10O2. The molecule has 2 atom stereocenters. The topological polar surface area (TPSA) is 178 Å². The number of piperazine rings is 2. The van der Waals surface area contributed by atoms with E-state index >= 15 is 0 Å². The standard InChI is InChI=1S/C20H36N10O2/c21-4-1-6-28-11-14-29(7-2-5-22)18(16-28)17(15-20(24)26-32)30-12-9-27(10-13-30)8-3-19(23)25-31/h17-18,31-32H,1-3,6-16H2,(H2,23,25)(H2,24,26). The lowest BCUT2D eigenvalue weighted by Gasteiger charge is -2.49. The zero-order valence-electron chi connectivity index (χ0n) is 18.7. The van der Waals surface area contributed by atoms with Crippen molar-refractivity contribution in [2.75, 3.05) is 65.4 Å². The van der Waals surface area contributed by atoms with Gasteiger partial charge in [0.15, 0.2) is 0 Å². The molecule has 0 aromatic heterocycles. The molecule has 2 aliphatic heterocycles. The smallest absolute Gasteiger partial charge is 0.140 e. The first-order chi connectivity index (χ1) is 15.5. The van der Waals surface area contributed by atoms with E-state index in [9.17, 15) is 5.21 Å². The fourth-order valence-corrected chi connectivity index (χ4v) is 4.56. The molecule has 2 rings (SSSR count). The average Bonchev–Trinajstić information content (AvgIpc) is 2.83. The van der Waals surface area contributed by atoms with E-state index in [1.165, 1.54) is 0 Å². The lowest BCUT2D eigenvalue weighted by atomic mass is 9.96. The molecule has 0 spiro atoms. The molecule has 0 amide bonds. The van der Waals surface area contributed by atoms with Gasteiger partial charge in [0, 0.05) is 103 Å². The van der Waals surface area contributed by atoms with Crippen molar-refractivity contribution in [1.82, 2.24) is 19.6 Å². The minimum Gasteiger partial charge on any atom is -0.409 e. The van der Waals surface area contributed by atoms with Gasteiger partial charge in [-0.15, -0.1) is 0 Å². The Morgan fingerprint density at radius 2 is 1.50 bits per heavy atom. The van der Waals surface area contributed by atoms with Crippen LogP contribution in [-0.4, -0.2) is 119 Å². The predicted octanol–water partition coefficient (Wildman–Crippen LogP) is -0.941. The van der Waals surface area contributed by atoms with Gasteiger partial charge in [-0.05, 0) is 0 Å². The lowest BCUT2D eigenvalue weighted by Crippen LogP contribution is -2.64. The van der Waals surface area contributed by atoms with Crippen molar-refractivity contribution >= 4 is 11.7 Å². The van der Waals surface area contributed by atoms with E-state index in [1.807, 2.05) is 0 Å². The second-order valence-electron chi connectivity index (χ2n) is 8.30. The molecule has 0 aromatic rings. The fourth-order valence-electron chi connectivity index (χ4n) is 4.56. The summed E-state index contributed by atoms with van der Waals surface area (Å²) in [5.74, 6) is 0.420.